The Morgan fingerprint density at radius 2 is 1.21 bits per heavy atom. The molecule has 2 atom stereocenters. The molecule has 1 N–H and O–H groups in total. The van der Waals surface area contributed by atoms with E-state index in [4.69, 9.17) is 9.47 Å². The van der Waals surface area contributed by atoms with E-state index in [9.17, 15) is 14.7 Å². The number of likely N-dealkylation sites (N-methyl/N-ethyl adjacent to an activating group) is 2. The maximum atomic E-state index is 13.6. The summed E-state index contributed by atoms with van der Waals surface area (Å²) < 4.78 is 11.9. The SMILES string of the molecule is CN1C(C)(C)CCC(OC(=O)/C(O)=C(/Cc2ccccc2)C(=O)OC2CCC(C)(C)N(C)C2(C)C)C1(C)C. The lowest BCUT2D eigenvalue weighted by Crippen LogP contribution is -2.63. The largest absolute Gasteiger partial charge is 0.501 e. The lowest BCUT2D eigenvalue weighted by atomic mass is 9.78. The Morgan fingerprint density at radius 1 is 0.789 bits per heavy atom. The summed E-state index contributed by atoms with van der Waals surface area (Å²) in [5.74, 6) is -2.25. The third kappa shape index (κ3) is 5.94. The molecule has 1 aromatic rings. The third-order valence-corrected chi connectivity index (χ3v) is 9.61. The number of esters is 2. The number of benzene rings is 1. The van der Waals surface area contributed by atoms with Crippen LogP contribution in [-0.2, 0) is 25.5 Å². The number of nitrogens with zero attached hydrogens (tertiary/aromatic N) is 2. The second-order valence-electron chi connectivity index (χ2n) is 13.4. The van der Waals surface area contributed by atoms with Crippen molar-refractivity contribution in [3.63, 3.8) is 0 Å². The van der Waals surface area contributed by atoms with Crippen molar-refractivity contribution in [1.82, 2.24) is 9.80 Å². The van der Waals surface area contributed by atoms with Crippen LogP contribution >= 0.6 is 0 Å². The van der Waals surface area contributed by atoms with E-state index in [1.165, 1.54) is 0 Å². The summed E-state index contributed by atoms with van der Waals surface area (Å²) in [6.45, 7) is 16.9. The fraction of sp³-hybridized carbons (Fsp3) is 0.677. The van der Waals surface area contributed by atoms with Crippen molar-refractivity contribution >= 4 is 11.9 Å². The molecule has 2 heterocycles. The van der Waals surface area contributed by atoms with E-state index < -0.39 is 41.0 Å². The van der Waals surface area contributed by atoms with Crippen molar-refractivity contribution in [1.29, 1.82) is 0 Å². The van der Waals surface area contributed by atoms with E-state index in [0.29, 0.717) is 12.8 Å². The van der Waals surface area contributed by atoms with Gasteiger partial charge in [0.15, 0.2) is 0 Å². The third-order valence-electron chi connectivity index (χ3n) is 9.61. The molecule has 2 aliphatic rings. The maximum Gasteiger partial charge on any atom is 0.374 e. The number of carbonyl (C=O) groups excluding carboxylic acids is 2. The van der Waals surface area contributed by atoms with Crippen LogP contribution in [0.5, 0.6) is 0 Å². The average Bonchev–Trinajstić information content (AvgIpc) is 2.84. The number of piperidine rings is 2. The van der Waals surface area contributed by atoms with Crippen molar-refractivity contribution in [2.45, 2.75) is 122 Å². The van der Waals surface area contributed by atoms with Gasteiger partial charge in [-0.05, 0) is 101 Å². The lowest BCUT2D eigenvalue weighted by Gasteiger charge is -2.54. The number of aliphatic hydroxyl groups excluding tert-OH is 1. The highest BCUT2D eigenvalue weighted by Gasteiger charge is 2.49. The number of hydrogen-bond donors (Lipinski definition) is 1. The number of ether oxygens (including phenoxy) is 2. The van der Waals surface area contributed by atoms with Crippen LogP contribution in [0.25, 0.3) is 0 Å². The molecule has 1 aromatic carbocycles. The molecule has 2 unspecified atom stereocenters. The standard InChI is InChI=1S/C31H48N2O5/c1-28(2)18-16-23(30(5,6)32(28)9)37-26(35)22(20-21-14-12-11-13-15-21)25(34)27(36)38-24-17-19-29(3,4)33(10)31(24,7)8/h11-15,23-24,34H,16-20H2,1-10H3/b25-22+. The van der Waals surface area contributed by atoms with Crippen LogP contribution in [0.3, 0.4) is 0 Å². The van der Waals surface area contributed by atoms with Gasteiger partial charge in [-0.2, -0.15) is 0 Å². The minimum Gasteiger partial charge on any atom is -0.501 e. The summed E-state index contributed by atoms with van der Waals surface area (Å²) in [5, 5.41) is 11.2. The smallest absolute Gasteiger partial charge is 0.374 e. The Balaban J connectivity index is 1.88. The van der Waals surface area contributed by atoms with Crippen molar-refractivity contribution in [2.75, 3.05) is 14.1 Å². The number of likely N-dealkylation sites (tertiary alicyclic amines) is 2. The first kappa shape index (κ1) is 30.2. The predicted molar refractivity (Wildman–Crippen MR) is 150 cm³/mol. The minimum absolute atomic E-state index is 0.0322. The Bertz CT molecular complexity index is 1060. The molecule has 2 aliphatic heterocycles. The monoisotopic (exact) mass is 528 g/mol. The molecule has 0 amide bonds. The highest BCUT2D eigenvalue weighted by Crippen LogP contribution is 2.40. The van der Waals surface area contributed by atoms with Gasteiger partial charge in [-0.25, -0.2) is 9.59 Å². The molecule has 38 heavy (non-hydrogen) atoms. The molecule has 0 aromatic heterocycles. The first-order valence-electron chi connectivity index (χ1n) is 13.8. The van der Waals surface area contributed by atoms with E-state index >= 15 is 0 Å². The quantitative estimate of drug-likeness (QED) is 0.300. The van der Waals surface area contributed by atoms with Crippen LogP contribution in [0.4, 0.5) is 0 Å². The van der Waals surface area contributed by atoms with Crippen molar-refractivity contribution in [3.05, 3.63) is 47.2 Å². The van der Waals surface area contributed by atoms with Crippen molar-refractivity contribution in [3.8, 4) is 0 Å². The fourth-order valence-corrected chi connectivity index (χ4v) is 5.97. The van der Waals surface area contributed by atoms with Gasteiger partial charge in [-0.15, -0.1) is 0 Å². The van der Waals surface area contributed by atoms with Gasteiger partial charge in [0.05, 0.1) is 16.7 Å². The molecular weight excluding hydrogens is 480 g/mol. The summed E-state index contributed by atoms with van der Waals surface area (Å²) >= 11 is 0. The topological polar surface area (TPSA) is 79.3 Å². The van der Waals surface area contributed by atoms with Gasteiger partial charge < -0.3 is 14.6 Å². The minimum atomic E-state index is -0.889. The molecule has 0 saturated carbocycles. The molecule has 7 nitrogen and oxygen atoms in total. The van der Waals surface area contributed by atoms with Crippen LogP contribution in [0, 0.1) is 0 Å². The van der Waals surface area contributed by atoms with E-state index in [1.807, 2.05) is 58.3 Å². The molecule has 0 aliphatic carbocycles. The van der Waals surface area contributed by atoms with Gasteiger partial charge in [-0.3, -0.25) is 9.80 Å². The van der Waals surface area contributed by atoms with Gasteiger partial charge >= 0.3 is 11.9 Å². The second kappa shape index (κ2) is 10.6. The number of rotatable bonds is 6. The van der Waals surface area contributed by atoms with E-state index in [-0.39, 0.29) is 23.1 Å². The summed E-state index contributed by atoms with van der Waals surface area (Å²) in [6, 6.07) is 9.31. The van der Waals surface area contributed by atoms with Crippen LogP contribution in [0.1, 0.15) is 86.6 Å². The summed E-state index contributed by atoms with van der Waals surface area (Å²) in [4.78, 5) is 31.3. The van der Waals surface area contributed by atoms with Gasteiger partial charge in [0.25, 0.3) is 0 Å². The van der Waals surface area contributed by atoms with E-state index in [2.05, 4.69) is 51.3 Å². The fourth-order valence-electron chi connectivity index (χ4n) is 5.97. The van der Waals surface area contributed by atoms with Crippen LogP contribution in [0.2, 0.25) is 0 Å². The normalized spacial score (nSPS) is 27.2. The average molecular weight is 529 g/mol. The van der Waals surface area contributed by atoms with Crippen molar-refractivity contribution < 1.29 is 24.2 Å². The molecule has 0 spiro atoms. The van der Waals surface area contributed by atoms with E-state index in [1.54, 1.807) is 0 Å². The van der Waals surface area contributed by atoms with Crippen LogP contribution in [-0.4, -0.2) is 75.3 Å². The Kier molecular flexibility index (Phi) is 8.45. The maximum absolute atomic E-state index is 13.6. The Hall–Kier alpha value is -2.38. The zero-order valence-corrected chi connectivity index (χ0v) is 25.1. The molecule has 0 radical (unpaired) electrons. The van der Waals surface area contributed by atoms with Gasteiger partial charge in [0, 0.05) is 17.5 Å². The highest BCUT2D eigenvalue weighted by atomic mass is 16.6. The molecule has 2 fully saturated rings. The number of carbonyl (C=O) groups is 2. The van der Waals surface area contributed by atoms with Crippen molar-refractivity contribution in [2.24, 2.45) is 0 Å². The summed E-state index contributed by atoms with van der Waals surface area (Å²) in [7, 11) is 4.07. The molecule has 212 valence electrons. The van der Waals surface area contributed by atoms with Gasteiger partial charge in [0.1, 0.15) is 12.2 Å². The molecule has 2 saturated heterocycles. The molecular formula is C31H48N2O5. The Labute approximate surface area is 229 Å². The second-order valence-corrected chi connectivity index (χ2v) is 13.4. The van der Waals surface area contributed by atoms with Crippen LogP contribution < -0.4 is 0 Å². The molecule has 0 bridgehead atoms. The highest BCUT2D eigenvalue weighted by molar-refractivity contribution is 5.99. The zero-order valence-electron chi connectivity index (χ0n) is 25.1. The number of hydrogen-bond acceptors (Lipinski definition) is 7. The zero-order chi connectivity index (χ0) is 28.7. The molecule has 3 rings (SSSR count). The summed E-state index contributed by atoms with van der Waals surface area (Å²) in [5.41, 5.74) is -0.224. The molecule has 7 heteroatoms. The van der Waals surface area contributed by atoms with Crippen LogP contribution in [0.15, 0.2) is 41.7 Å². The first-order valence-corrected chi connectivity index (χ1v) is 13.8. The summed E-state index contributed by atoms with van der Waals surface area (Å²) in [6.07, 6.45) is 2.30. The number of aliphatic hydroxyl groups is 1. The van der Waals surface area contributed by atoms with Gasteiger partial charge in [-0.1, -0.05) is 30.3 Å². The van der Waals surface area contributed by atoms with E-state index in [0.717, 1.165) is 18.4 Å². The first-order chi connectivity index (χ1) is 17.4. The Morgan fingerprint density at radius 3 is 1.66 bits per heavy atom. The van der Waals surface area contributed by atoms with Gasteiger partial charge in [0.2, 0.25) is 5.76 Å². The lowest BCUT2D eigenvalue weighted by molar-refractivity contribution is -0.168. The predicted octanol–water partition coefficient (Wildman–Crippen LogP) is 5.43.